The summed E-state index contributed by atoms with van der Waals surface area (Å²) < 4.78 is 38.1. The highest BCUT2D eigenvalue weighted by molar-refractivity contribution is 5.98. The minimum atomic E-state index is -4.60. The number of nitrogens with zero attached hydrogens (tertiary/aromatic N) is 1. The van der Waals surface area contributed by atoms with Crippen molar-refractivity contribution in [3.63, 3.8) is 0 Å². The van der Waals surface area contributed by atoms with Crippen LogP contribution in [0.1, 0.15) is 23.2 Å². The molecular formula is C11H9F3N2O4. The van der Waals surface area contributed by atoms with Crippen LogP contribution in [0.5, 0.6) is 5.75 Å². The van der Waals surface area contributed by atoms with Crippen molar-refractivity contribution < 1.29 is 28.0 Å². The number of carbonyl (C=O) groups is 1. The van der Waals surface area contributed by atoms with Gasteiger partial charge in [-0.25, -0.2) is 0 Å². The van der Waals surface area contributed by atoms with Gasteiger partial charge in [-0.2, -0.15) is 13.2 Å². The highest BCUT2D eigenvalue weighted by Crippen LogP contribution is 2.49. The number of phenols is 1. The number of rotatable bonds is 3. The highest BCUT2D eigenvalue weighted by atomic mass is 19.4. The van der Waals surface area contributed by atoms with Crippen LogP contribution in [0.15, 0.2) is 18.2 Å². The fourth-order valence-electron chi connectivity index (χ4n) is 1.75. The van der Waals surface area contributed by atoms with E-state index in [1.165, 1.54) is 0 Å². The number of nitrogens with one attached hydrogen (secondary N) is 1. The van der Waals surface area contributed by atoms with Crippen LogP contribution in [0.2, 0.25) is 0 Å². The van der Waals surface area contributed by atoms with Crippen molar-refractivity contribution in [2.45, 2.75) is 24.6 Å². The summed E-state index contributed by atoms with van der Waals surface area (Å²) in [7, 11) is 0. The zero-order valence-corrected chi connectivity index (χ0v) is 9.90. The van der Waals surface area contributed by atoms with E-state index in [4.69, 9.17) is 0 Å². The summed E-state index contributed by atoms with van der Waals surface area (Å²) in [5.41, 5.74) is -3.59. The largest absolute Gasteiger partial charge is 0.502 e. The lowest BCUT2D eigenvalue weighted by atomic mass is 10.1. The van der Waals surface area contributed by atoms with Gasteiger partial charge >= 0.3 is 11.9 Å². The highest BCUT2D eigenvalue weighted by Gasteiger charge is 2.64. The lowest BCUT2D eigenvalue weighted by molar-refractivity contribution is -0.385. The summed E-state index contributed by atoms with van der Waals surface area (Å²) in [5, 5.41) is 21.9. The van der Waals surface area contributed by atoms with Gasteiger partial charge in [0, 0.05) is 6.07 Å². The maximum Gasteiger partial charge on any atom is 0.411 e. The van der Waals surface area contributed by atoms with Gasteiger partial charge in [-0.3, -0.25) is 14.9 Å². The van der Waals surface area contributed by atoms with E-state index in [1.54, 1.807) is 5.32 Å². The van der Waals surface area contributed by atoms with Crippen molar-refractivity contribution in [3.8, 4) is 5.75 Å². The molecule has 2 rings (SSSR count). The number of halogens is 3. The average molecular weight is 290 g/mol. The Kier molecular flexibility index (Phi) is 3.07. The first kappa shape index (κ1) is 14.1. The van der Waals surface area contributed by atoms with E-state index in [2.05, 4.69) is 0 Å². The second-order valence-corrected chi connectivity index (χ2v) is 4.46. The van der Waals surface area contributed by atoms with Gasteiger partial charge in [0.05, 0.1) is 10.5 Å². The van der Waals surface area contributed by atoms with Crippen LogP contribution >= 0.6 is 0 Å². The molecule has 1 saturated carbocycles. The molecule has 1 aliphatic rings. The Morgan fingerprint density at radius 1 is 1.40 bits per heavy atom. The average Bonchev–Trinajstić information content (AvgIpc) is 3.09. The predicted octanol–water partition coefficient (Wildman–Crippen LogP) is 2.13. The fourth-order valence-corrected chi connectivity index (χ4v) is 1.75. The number of para-hydroxylation sites is 1. The van der Waals surface area contributed by atoms with Gasteiger partial charge in [-0.1, -0.05) is 6.07 Å². The van der Waals surface area contributed by atoms with Crippen molar-refractivity contribution in [2.24, 2.45) is 0 Å². The van der Waals surface area contributed by atoms with Crippen LogP contribution in [-0.4, -0.2) is 27.7 Å². The first-order valence-electron chi connectivity index (χ1n) is 5.53. The molecule has 1 fully saturated rings. The normalized spacial score (nSPS) is 16.6. The van der Waals surface area contributed by atoms with Crippen LogP contribution in [-0.2, 0) is 0 Å². The monoisotopic (exact) mass is 290 g/mol. The van der Waals surface area contributed by atoms with Crippen molar-refractivity contribution in [2.75, 3.05) is 0 Å². The van der Waals surface area contributed by atoms with E-state index in [-0.39, 0.29) is 12.8 Å². The van der Waals surface area contributed by atoms with Gasteiger partial charge in [0.25, 0.3) is 5.91 Å². The number of alkyl halides is 3. The molecule has 0 bridgehead atoms. The molecule has 0 radical (unpaired) electrons. The number of hydrogen-bond donors (Lipinski definition) is 2. The van der Waals surface area contributed by atoms with Gasteiger partial charge in [0.1, 0.15) is 5.54 Å². The predicted molar refractivity (Wildman–Crippen MR) is 60.2 cm³/mol. The number of benzene rings is 1. The SMILES string of the molecule is O=C(NC1(C(F)(F)F)CC1)c1cccc([N+](=O)[O-])c1O. The smallest absolute Gasteiger partial charge is 0.411 e. The zero-order valence-electron chi connectivity index (χ0n) is 9.90. The fraction of sp³-hybridized carbons (Fsp3) is 0.364. The van der Waals surface area contributed by atoms with E-state index >= 15 is 0 Å². The summed E-state index contributed by atoms with van der Waals surface area (Å²) in [6.45, 7) is 0. The van der Waals surface area contributed by atoms with Crippen molar-refractivity contribution in [1.29, 1.82) is 0 Å². The first-order valence-corrected chi connectivity index (χ1v) is 5.53. The molecule has 1 aromatic rings. The molecule has 0 aromatic heterocycles. The van der Waals surface area contributed by atoms with Gasteiger partial charge in [-0.15, -0.1) is 0 Å². The molecule has 0 heterocycles. The Hall–Kier alpha value is -2.32. The van der Waals surface area contributed by atoms with E-state index in [0.717, 1.165) is 18.2 Å². The number of phenolic OH excluding ortho intramolecular Hbond substituents is 1. The Labute approximate surface area is 110 Å². The minimum absolute atomic E-state index is 0.252. The summed E-state index contributed by atoms with van der Waals surface area (Å²) in [6.07, 6.45) is -5.10. The molecule has 0 atom stereocenters. The molecule has 9 heteroatoms. The van der Waals surface area contributed by atoms with Crippen LogP contribution in [0, 0.1) is 10.1 Å². The molecule has 0 aliphatic heterocycles. The van der Waals surface area contributed by atoms with Gasteiger partial charge in [-0.05, 0) is 18.9 Å². The summed E-state index contributed by atoms with van der Waals surface area (Å²) in [4.78, 5) is 21.4. The minimum Gasteiger partial charge on any atom is -0.502 e. The molecule has 1 aliphatic carbocycles. The molecule has 0 spiro atoms. The molecular weight excluding hydrogens is 281 g/mol. The second kappa shape index (κ2) is 4.36. The van der Waals surface area contributed by atoms with E-state index in [0.29, 0.717) is 0 Å². The zero-order chi connectivity index (χ0) is 15.1. The Balaban J connectivity index is 2.28. The molecule has 0 unspecified atom stereocenters. The number of nitro benzene ring substituents is 1. The van der Waals surface area contributed by atoms with Crippen molar-refractivity contribution >= 4 is 11.6 Å². The molecule has 108 valence electrons. The molecule has 1 amide bonds. The Morgan fingerprint density at radius 3 is 2.45 bits per heavy atom. The second-order valence-electron chi connectivity index (χ2n) is 4.46. The summed E-state index contributed by atoms with van der Waals surface area (Å²) in [5.74, 6) is -2.14. The topological polar surface area (TPSA) is 92.5 Å². The van der Waals surface area contributed by atoms with E-state index < -0.39 is 39.5 Å². The summed E-state index contributed by atoms with van der Waals surface area (Å²) in [6, 6.07) is 3.08. The quantitative estimate of drug-likeness (QED) is 0.658. The molecule has 6 nitrogen and oxygen atoms in total. The van der Waals surface area contributed by atoms with Crippen LogP contribution in [0.4, 0.5) is 18.9 Å². The Morgan fingerprint density at radius 2 is 2.00 bits per heavy atom. The van der Waals surface area contributed by atoms with Crippen LogP contribution in [0.25, 0.3) is 0 Å². The maximum absolute atomic E-state index is 12.7. The third-order valence-corrected chi connectivity index (χ3v) is 3.10. The van der Waals surface area contributed by atoms with E-state index in [9.17, 15) is 33.2 Å². The van der Waals surface area contributed by atoms with Crippen molar-refractivity contribution in [1.82, 2.24) is 5.32 Å². The maximum atomic E-state index is 12.7. The lowest BCUT2D eigenvalue weighted by Crippen LogP contribution is -2.47. The number of carbonyl (C=O) groups excluding carboxylic acids is 1. The standard InChI is InChI=1S/C11H9F3N2O4/c12-11(13,14)10(4-5-10)15-9(18)6-2-1-3-7(8(6)17)16(19)20/h1-3,17H,4-5H2,(H,15,18). The number of amides is 1. The van der Waals surface area contributed by atoms with Crippen LogP contribution in [0.3, 0.4) is 0 Å². The molecule has 20 heavy (non-hydrogen) atoms. The van der Waals surface area contributed by atoms with E-state index in [1.807, 2.05) is 0 Å². The van der Waals surface area contributed by atoms with Gasteiger partial charge in [0.15, 0.2) is 0 Å². The molecule has 0 saturated heterocycles. The third kappa shape index (κ3) is 2.26. The molecule has 1 aromatic carbocycles. The number of nitro groups is 1. The number of aromatic hydroxyl groups is 1. The van der Waals surface area contributed by atoms with Gasteiger partial charge < -0.3 is 10.4 Å². The first-order chi connectivity index (χ1) is 9.18. The van der Waals surface area contributed by atoms with Crippen LogP contribution < -0.4 is 5.32 Å². The number of hydrogen-bond acceptors (Lipinski definition) is 4. The van der Waals surface area contributed by atoms with Crippen molar-refractivity contribution in [3.05, 3.63) is 33.9 Å². The Bertz CT molecular complexity index is 582. The summed E-state index contributed by atoms with van der Waals surface area (Å²) >= 11 is 0. The third-order valence-electron chi connectivity index (χ3n) is 3.10. The van der Waals surface area contributed by atoms with Gasteiger partial charge in [0.2, 0.25) is 5.75 Å². The molecule has 2 N–H and O–H groups in total. The lowest BCUT2D eigenvalue weighted by Gasteiger charge is -2.20.